The number of hydrogen-bond donors (Lipinski definition) is 12. The predicted octanol–water partition coefficient (Wildman–Crippen LogP) is 3.09. The van der Waals surface area contributed by atoms with Crippen molar-refractivity contribution in [3.05, 3.63) is 72.9 Å². The molecule has 3 rings (SSSR count). The number of aliphatic hydroxyl groups excluding tert-OH is 11. The molecule has 3 aliphatic rings. The first-order valence-electron chi connectivity index (χ1n) is 27.2. The van der Waals surface area contributed by atoms with Gasteiger partial charge < -0.3 is 89.9 Å². The molecule has 12 N–H and O–H groups in total. The van der Waals surface area contributed by atoms with Gasteiger partial charge in [0.25, 0.3) is 0 Å². The number of carbonyl (C=O) groups is 1. The van der Waals surface area contributed by atoms with Crippen molar-refractivity contribution in [3.8, 4) is 0 Å². The first-order valence-corrected chi connectivity index (χ1v) is 27.2. The Hall–Kier alpha value is -2.77. The van der Waals surface area contributed by atoms with Crippen LogP contribution in [0.3, 0.4) is 0 Å². The summed E-state index contributed by atoms with van der Waals surface area (Å²) < 4.78 is 34.1. The fraction of sp³-hybridized carbons (Fsp3) is 0.764. The van der Waals surface area contributed by atoms with Crippen molar-refractivity contribution in [1.29, 1.82) is 0 Å². The standard InChI is InChI=1S/C55H93NO18/c1-3-5-7-9-11-13-14-15-16-17-18-19-20-21-22-23-24-25-27-29-31-33-43(61)56-38(39(60)32-30-28-26-12-10-8-6-4-2)37-69-53-49(67)46(64)51(41(35-58)71-53)74-55-50(68)47(65)52(42(36-59)72-55)73-54-48(66)45(63)44(62)40(34-57)70-54/h5,7,10-13,15-16,18-19,30,32,38-42,44-55,57-60,62-68H,3-4,6,8-9,14,17,20-29,31,33-37H2,1-2H3,(H,56,61)/b7-5-,12-10+,13-11-,16-15-,19-18-,32-30+. The number of hydrogen-bond acceptors (Lipinski definition) is 18. The molecule has 3 aliphatic heterocycles. The van der Waals surface area contributed by atoms with E-state index in [1.54, 1.807) is 6.08 Å². The van der Waals surface area contributed by atoms with Crippen LogP contribution in [-0.4, -0.2) is 193 Å². The Kier molecular flexibility index (Phi) is 34.3. The van der Waals surface area contributed by atoms with Crippen LogP contribution in [0, 0.1) is 0 Å². The molecule has 0 saturated carbocycles. The summed E-state index contributed by atoms with van der Waals surface area (Å²) in [5, 5.41) is 119. The van der Waals surface area contributed by atoms with Crippen molar-refractivity contribution in [2.24, 2.45) is 0 Å². The second kappa shape index (κ2) is 38.7. The Bertz CT molecular complexity index is 1640. The van der Waals surface area contributed by atoms with Crippen molar-refractivity contribution in [3.63, 3.8) is 0 Å². The quantitative estimate of drug-likeness (QED) is 0.0314. The fourth-order valence-corrected chi connectivity index (χ4v) is 8.71. The minimum absolute atomic E-state index is 0.221. The summed E-state index contributed by atoms with van der Waals surface area (Å²) >= 11 is 0. The number of rotatable bonds is 37. The van der Waals surface area contributed by atoms with E-state index >= 15 is 0 Å². The van der Waals surface area contributed by atoms with Gasteiger partial charge in [0, 0.05) is 6.42 Å². The van der Waals surface area contributed by atoms with E-state index in [1.165, 1.54) is 19.3 Å². The summed E-state index contributed by atoms with van der Waals surface area (Å²) in [4.78, 5) is 13.2. The lowest BCUT2D eigenvalue weighted by Gasteiger charge is -2.48. The zero-order valence-electron chi connectivity index (χ0n) is 43.8. The van der Waals surface area contributed by atoms with Crippen LogP contribution in [0.15, 0.2) is 72.9 Å². The maximum absolute atomic E-state index is 13.2. The van der Waals surface area contributed by atoms with Crippen LogP contribution in [-0.2, 0) is 33.2 Å². The third kappa shape index (κ3) is 23.5. The first-order chi connectivity index (χ1) is 35.8. The van der Waals surface area contributed by atoms with Gasteiger partial charge in [0.1, 0.15) is 73.2 Å². The number of carbonyl (C=O) groups excluding carboxylic acids is 1. The second-order valence-electron chi connectivity index (χ2n) is 19.3. The molecule has 19 nitrogen and oxygen atoms in total. The molecule has 0 aromatic carbocycles. The molecule has 0 radical (unpaired) electrons. The van der Waals surface area contributed by atoms with E-state index in [1.807, 2.05) is 6.08 Å². The van der Waals surface area contributed by atoms with E-state index < -0.39 is 124 Å². The molecule has 0 aromatic heterocycles. The highest BCUT2D eigenvalue weighted by atomic mass is 16.8. The average molecular weight is 1060 g/mol. The summed E-state index contributed by atoms with van der Waals surface area (Å²) in [5.74, 6) is -0.303. The highest BCUT2D eigenvalue weighted by Crippen LogP contribution is 2.33. The third-order valence-corrected chi connectivity index (χ3v) is 13.2. The molecule has 0 spiro atoms. The minimum atomic E-state index is -1.98. The Morgan fingerprint density at radius 3 is 1.51 bits per heavy atom. The molecular formula is C55H93NO18. The molecule has 3 fully saturated rings. The Morgan fingerprint density at radius 1 is 0.500 bits per heavy atom. The van der Waals surface area contributed by atoms with Crippen LogP contribution < -0.4 is 5.32 Å². The van der Waals surface area contributed by atoms with Gasteiger partial charge in [-0.15, -0.1) is 0 Å². The summed E-state index contributed by atoms with van der Waals surface area (Å²) in [6, 6.07) is -0.995. The van der Waals surface area contributed by atoms with Gasteiger partial charge in [0.05, 0.1) is 38.6 Å². The summed E-state index contributed by atoms with van der Waals surface area (Å²) in [5.41, 5.74) is 0. The van der Waals surface area contributed by atoms with Gasteiger partial charge in [-0.2, -0.15) is 0 Å². The van der Waals surface area contributed by atoms with Crippen LogP contribution in [0.4, 0.5) is 0 Å². The minimum Gasteiger partial charge on any atom is -0.394 e. The lowest BCUT2D eigenvalue weighted by Crippen LogP contribution is -2.66. The topological polar surface area (TPSA) is 307 Å². The maximum Gasteiger partial charge on any atom is 0.220 e. The molecule has 0 aromatic rings. The van der Waals surface area contributed by atoms with Crippen molar-refractivity contribution in [2.75, 3.05) is 26.4 Å². The Labute approximate surface area is 438 Å². The smallest absolute Gasteiger partial charge is 0.220 e. The highest BCUT2D eigenvalue weighted by molar-refractivity contribution is 5.76. The first kappa shape index (κ1) is 65.5. The molecule has 3 heterocycles. The molecule has 426 valence electrons. The van der Waals surface area contributed by atoms with Crippen molar-refractivity contribution >= 4 is 5.91 Å². The van der Waals surface area contributed by atoms with Gasteiger partial charge in [0.2, 0.25) is 5.91 Å². The van der Waals surface area contributed by atoms with Crippen LogP contribution in [0.2, 0.25) is 0 Å². The van der Waals surface area contributed by atoms with Crippen molar-refractivity contribution in [2.45, 2.75) is 240 Å². The monoisotopic (exact) mass is 1060 g/mol. The molecule has 17 atom stereocenters. The predicted molar refractivity (Wildman–Crippen MR) is 277 cm³/mol. The lowest BCUT2D eigenvalue weighted by atomic mass is 9.96. The van der Waals surface area contributed by atoms with E-state index in [-0.39, 0.29) is 18.9 Å². The Morgan fingerprint density at radius 2 is 0.946 bits per heavy atom. The zero-order valence-corrected chi connectivity index (χ0v) is 43.8. The van der Waals surface area contributed by atoms with Crippen molar-refractivity contribution < 1.29 is 89.4 Å². The molecule has 1 amide bonds. The molecule has 3 saturated heterocycles. The number of allylic oxidation sites excluding steroid dienone is 11. The van der Waals surface area contributed by atoms with E-state index in [4.69, 9.17) is 28.4 Å². The van der Waals surface area contributed by atoms with Gasteiger partial charge in [0.15, 0.2) is 18.9 Å². The van der Waals surface area contributed by atoms with Gasteiger partial charge >= 0.3 is 0 Å². The van der Waals surface area contributed by atoms with Gasteiger partial charge in [-0.3, -0.25) is 4.79 Å². The van der Waals surface area contributed by atoms with E-state index in [0.29, 0.717) is 12.8 Å². The number of amides is 1. The maximum atomic E-state index is 13.2. The number of aliphatic hydroxyl groups is 11. The van der Waals surface area contributed by atoms with Crippen LogP contribution >= 0.6 is 0 Å². The van der Waals surface area contributed by atoms with Crippen LogP contribution in [0.25, 0.3) is 0 Å². The number of nitrogens with one attached hydrogen (secondary N) is 1. The molecule has 19 heteroatoms. The average Bonchev–Trinajstić information content (AvgIpc) is 3.40. The Balaban J connectivity index is 1.49. The molecule has 0 bridgehead atoms. The van der Waals surface area contributed by atoms with Gasteiger partial charge in [-0.05, 0) is 64.2 Å². The fourth-order valence-electron chi connectivity index (χ4n) is 8.71. The highest BCUT2D eigenvalue weighted by Gasteiger charge is 2.53. The van der Waals surface area contributed by atoms with E-state index in [9.17, 15) is 61.0 Å². The number of ether oxygens (including phenoxy) is 6. The lowest BCUT2D eigenvalue weighted by molar-refractivity contribution is -0.379. The van der Waals surface area contributed by atoms with Crippen molar-refractivity contribution in [1.82, 2.24) is 5.32 Å². The van der Waals surface area contributed by atoms with E-state index in [0.717, 1.165) is 83.5 Å². The molecule has 17 unspecified atom stereocenters. The van der Waals surface area contributed by atoms with Gasteiger partial charge in [-0.25, -0.2) is 0 Å². The molecule has 0 aliphatic carbocycles. The molecule has 74 heavy (non-hydrogen) atoms. The zero-order chi connectivity index (χ0) is 54.1. The SMILES string of the molecule is CC/C=C\C/C=C\C/C=C\C/C=C\CCCCCCCCCCC(=O)NC(COC1OC(CO)C(OC2OC(CO)C(OC3OC(CO)C(O)C(O)C3O)C(O)C2O)C(O)C1O)C(O)/C=C/CC/C=C/CCCC. The van der Waals surface area contributed by atoms with Crippen LogP contribution in [0.1, 0.15) is 136 Å². The summed E-state index contributed by atoms with van der Waals surface area (Å²) in [7, 11) is 0. The van der Waals surface area contributed by atoms with Gasteiger partial charge in [-0.1, -0.05) is 138 Å². The largest absolute Gasteiger partial charge is 0.394 e. The summed E-state index contributed by atoms with van der Waals surface area (Å²) in [6.07, 6.45) is 16.4. The normalized spacial score (nSPS) is 32.0. The van der Waals surface area contributed by atoms with E-state index in [2.05, 4.69) is 79.9 Å². The summed E-state index contributed by atoms with van der Waals surface area (Å²) in [6.45, 7) is 1.45. The van der Waals surface area contributed by atoms with Crippen LogP contribution in [0.5, 0.6) is 0 Å². The third-order valence-electron chi connectivity index (χ3n) is 13.2. The molecular weight excluding hydrogens is 963 g/mol. The second-order valence-corrected chi connectivity index (χ2v) is 19.3. The number of unbranched alkanes of at least 4 members (excludes halogenated alkanes) is 11.